The monoisotopic (exact) mass is 463 g/mol. The van der Waals surface area contributed by atoms with E-state index in [-0.39, 0.29) is 34.5 Å². The van der Waals surface area contributed by atoms with Gasteiger partial charge in [0.15, 0.2) is 11.6 Å². The van der Waals surface area contributed by atoms with E-state index in [0.29, 0.717) is 12.8 Å². The van der Waals surface area contributed by atoms with Crippen LogP contribution in [0.2, 0.25) is 0 Å². The first kappa shape index (κ1) is 25.0. The summed E-state index contributed by atoms with van der Waals surface area (Å²) >= 11 is 1.13. The minimum atomic E-state index is -0.959. The number of nitrogens with two attached hydrogens (primary N) is 1. The van der Waals surface area contributed by atoms with Crippen molar-refractivity contribution in [2.45, 2.75) is 33.6 Å². The van der Waals surface area contributed by atoms with Gasteiger partial charge in [0, 0.05) is 22.4 Å². The third-order valence-corrected chi connectivity index (χ3v) is 5.96. The number of carboxylic acids is 1. The molecule has 0 saturated carbocycles. The van der Waals surface area contributed by atoms with Gasteiger partial charge >= 0.3 is 11.9 Å². The zero-order chi connectivity index (χ0) is 24.1. The molecule has 0 spiro atoms. The maximum atomic E-state index is 14.1. The van der Waals surface area contributed by atoms with E-state index in [4.69, 9.17) is 21.0 Å². The molecule has 1 heterocycles. The van der Waals surface area contributed by atoms with Crippen LogP contribution in [-0.2, 0) is 16.0 Å². The van der Waals surface area contributed by atoms with Crippen molar-refractivity contribution in [3.05, 3.63) is 51.5 Å². The third-order valence-electron chi connectivity index (χ3n) is 4.89. The van der Waals surface area contributed by atoms with Crippen molar-refractivity contribution in [1.82, 2.24) is 5.32 Å². The summed E-state index contributed by atoms with van der Waals surface area (Å²) < 4.78 is 19.2. The second-order valence-corrected chi connectivity index (χ2v) is 9.10. The summed E-state index contributed by atoms with van der Waals surface area (Å²) in [6, 6.07) is 6.85. The molecule has 172 valence electrons. The van der Waals surface area contributed by atoms with E-state index < -0.39 is 29.1 Å². The number of aliphatic carboxylic acids is 1. The Kier molecular flexibility index (Phi) is 8.09. The number of nitrogen functional groups attached to an aromatic ring is 1. The van der Waals surface area contributed by atoms with Gasteiger partial charge in [0.05, 0.1) is 5.92 Å². The molecule has 0 fully saturated rings. The Hall–Kier alpha value is -3.27. The van der Waals surface area contributed by atoms with Gasteiger partial charge in [0.25, 0.3) is 0 Å². The highest BCUT2D eigenvalue weighted by Gasteiger charge is 2.30. The second-order valence-electron chi connectivity index (χ2n) is 7.93. The largest absolute Gasteiger partial charge is 0.481 e. The summed E-state index contributed by atoms with van der Waals surface area (Å²) in [4.78, 5) is 37.0. The van der Waals surface area contributed by atoms with Gasteiger partial charge in [-0.25, -0.2) is 9.18 Å². The molecule has 0 aliphatic rings. The average molecular weight is 464 g/mol. The highest BCUT2D eigenvalue weighted by Crippen LogP contribution is 2.28. The van der Waals surface area contributed by atoms with E-state index >= 15 is 0 Å². The molecule has 0 saturated heterocycles. The smallest absolute Gasteiger partial charge is 0.353 e. The first-order chi connectivity index (χ1) is 14.9. The number of carbonyl (C=O) groups excluding carboxylic acids is 2. The van der Waals surface area contributed by atoms with Crippen molar-refractivity contribution in [2.24, 2.45) is 17.1 Å². The summed E-state index contributed by atoms with van der Waals surface area (Å²) in [5, 5.41) is 19.1. The van der Waals surface area contributed by atoms with E-state index in [2.05, 4.69) is 5.32 Å². The molecule has 2 aromatic rings. The molecule has 1 atom stereocenters. The van der Waals surface area contributed by atoms with Crippen LogP contribution < -0.4 is 15.8 Å². The summed E-state index contributed by atoms with van der Waals surface area (Å²) in [6.07, 6.45) is 0.729. The molecule has 1 amide bonds. The van der Waals surface area contributed by atoms with Crippen molar-refractivity contribution in [3.63, 3.8) is 0 Å². The van der Waals surface area contributed by atoms with Crippen LogP contribution in [0.25, 0.3) is 0 Å². The van der Waals surface area contributed by atoms with Crippen molar-refractivity contribution < 1.29 is 28.6 Å². The Bertz CT molecular complexity index is 1030. The number of rotatable bonds is 10. The van der Waals surface area contributed by atoms with Gasteiger partial charge in [-0.1, -0.05) is 20.8 Å². The number of esters is 1. The fourth-order valence-corrected chi connectivity index (χ4v) is 3.97. The zero-order valence-corrected chi connectivity index (χ0v) is 18.8. The molecular formula is C22H26FN3O5S. The maximum Gasteiger partial charge on any atom is 0.353 e. The molecule has 1 aromatic carbocycles. The van der Waals surface area contributed by atoms with Gasteiger partial charge in [-0.05, 0) is 43.2 Å². The molecule has 10 heteroatoms. The molecule has 2 rings (SSSR count). The summed E-state index contributed by atoms with van der Waals surface area (Å²) in [5.41, 5.74) is 4.65. The van der Waals surface area contributed by atoms with Crippen LogP contribution in [0.4, 0.5) is 4.39 Å². The summed E-state index contributed by atoms with van der Waals surface area (Å²) in [6.45, 7) is 5.25. The maximum absolute atomic E-state index is 14.1. The fraction of sp³-hybridized carbons (Fsp3) is 0.364. The van der Waals surface area contributed by atoms with Crippen molar-refractivity contribution >= 4 is 35.0 Å². The van der Waals surface area contributed by atoms with E-state index in [1.165, 1.54) is 18.2 Å². The lowest BCUT2D eigenvalue weighted by atomic mass is 9.87. The number of carboxylic acid groups (broad SMARTS) is 1. The SMILES string of the molecule is CCC(CNC(=O)C(C)(C)Cc1ccc(C(=O)Oc2ccc(C(=N)N)cc2F)s1)C(=O)O. The topological polar surface area (TPSA) is 143 Å². The Labute approximate surface area is 189 Å². The second kappa shape index (κ2) is 10.4. The van der Waals surface area contributed by atoms with Gasteiger partial charge < -0.3 is 20.9 Å². The molecule has 32 heavy (non-hydrogen) atoms. The Morgan fingerprint density at radius 3 is 2.53 bits per heavy atom. The fourth-order valence-electron chi connectivity index (χ4n) is 2.86. The highest BCUT2D eigenvalue weighted by molar-refractivity contribution is 7.14. The lowest BCUT2D eigenvalue weighted by Gasteiger charge is -2.24. The number of hydrogen-bond donors (Lipinski definition) is 4. The van der Waals surface area contributed by atoms with Crippen LogP contribution in [0.5, 0.6) is 5.75 Å². The number of halogens is 1. The minimum Gasteiger partial charge on any atom is -0.481 e. The number of benzene rings is 1. The first-order valence-corrected chi connectivity index (χ1v) is 10.7. The quantitative estimate of drug-likeness (QED) is 0.184. The van der Waals surface area contributed by atoms with E-state index in [9.17, 15) is 18.8 Å². The van der Waals surface area contributed by atoms with Crippen LogP contribution in [0.1, 0.15) is 47.3 Å². The standard InChI is InChI=1S/C22H26FN3O5S/c1-4-12(19(27)28)11-26-21(30)22(2,3)10-14-6-8-17(32-14)20(29)31-16-7-5-13(18(24)25)9-15(16)23/h5-9,12H,4,10-11H2,1-3H3,(H3,24,25)(H,26,30)(H,27,28). The molecule has 8 nitrogen and oxygen atoms in total. The molecule has 1 unspecified atom stereocenters. The van der Waals surface area contributed by atoms with Crippen molar-refractivity contribution in [1.29, 1.82) is 5.41 Å². The van der Waals surface area contributed by atoms with Gasteiger partial charge in [0.1, 0.15) is 10.7 Å². The van der Waals surface area contributed by atoms with Crippen LogP contribution >= 0.6 is 11.3 Å². The molecular weight excluding hydrogens is 437 g/mol. The molecule has 0 radical (unpaired) electrons. The lowest BCUT2D eigenvalue weighted by Crippen LogP contribution is -2.41. The van der Waals surface area contributed by atoms with Crippen LogP contribution in [0.15, 0.2) is 30.3 Å². The van der Waals surface area contributed by atoms with Crippen molar-refractivity contribution in [2.75, 3.05) is 6.54 Å². The minimum absolute atomic E-state index is 0.0457. The molecule has 0 aliphatic carbocycles. The molecule has 0 bridgehead atoms. The number of carbonyl (C=O) groups is 3. The number of amidine groups is 1. The van der Waals surface area contributed by atoms with E-state index in [1.54, 1.807) is 26.8 Å². The summed E-state index contributed by atoms with van der Waals surface area (Å²) in [7, 11) is 0. The first-order valence-electron chi connectivity index (χ1n) is 9.90. The van der Waals surface area contributed by atoms with Crippen molar-refractivity contribution in [3.8, 4) is 5.75 Å². The molecule has 5 N–H and O–H groups in total. The van der Waals surface area contributed by atoms with Crippen LogP contribution in [-0.4, -0.2) is 35.3 Å². The number of hydrogen-bond acceptors (Lipinski definition) is 6. The number of ether oxygens (including phenoxy) is 1. The summed E-state index contributed by atoms with van der Waals surface area (Å²) in [5.74, 6) is -4.04. The zero-order valence-electron chi connectivity index (χ0n) is 18.0. The molecule has 1 aromatic heterocycles. The number of amides is 1. The van der Waals surface area contributed by atoms with Gasteiger partial charge in [-0.2, -0.15) is 0 Å². The van der Waals surface area contributed by atoms with Gasteiger partial charge in [0.2, 0.25) is 5.91 Å². The number of nitrogens with one attached hydrogen (secondary N) is 2. The lowest BCUT2D eigenvalue weighted by molar-refractivity contribution is -0.142. The van der Waals surface area contributed by atoms with Gasteiger partial charge in [-0.15, -0.1) is 11.3 Å². The van der Waals surface area contributed by atoms with E-state index in [0.717, 1.165) is 22.3 Å². The highest BCUT2D eigenvalue weighted by atomic mass is 32.1. The third kappa shape index (κ3) is 6.36. The predicted molar refractivity (Wildman–Crippen MR) is 119 cm³/mol. The molecule has 0 aliphatic heterocycles. The predicted octanol–water partition coefficient (Wildman–Crippen LogP) is 3.19. The Balaban J connectivity index is 2.02. The van der Waals surface area contributed by atoms with Gasteiger partial charge in [-0.3, -0.25) is 15.0 Å². The average Bonchev–Trinajstić information content (AvgIpc) is 3.17. The Morgan fingerprint density at radius 2 is 1.97 bits per heavy atom. The normalized spacial score (nSPS) is 12.1. The van der Waals surface area contributed by atoms with Crippen LogP contribution in [0, 0.1) is 22.6 Å². The van der Waals surface area contributed by atoms with Crippen LogP contribution in [0.3, 0.4) is 0 Å². The number of thiophene rings is 1. The van der Waals surface area contributed by atoms with E-state index in [1.807, 2.05) is 0 Å². The Morgan fingerprint density at radius 1 is 1.28 bits per heavy atom.